The Kier molecular flexibility index (Phi) is 6.31. The van der Waals surface area contributed by atoms with Crippen LogP contribution in [0.2, 0.25) is 0 Å². The zero-order valence-electron chi connectivity index (χ0n) is 15.4. The van der Waals surface area contributed by atoms with E-state index >= 15 is 0 Å². The number of benzene rings is 2. The van der Waals surface area contributed by atoms with E-state index < -0.39 is 0 Å². The van der Waals surface area contributed by atoms with Crippen molar-refractivity contribution in [1.82, 2.24) is 0 Å². The number of nitrogens with one attached hydrogen (secondary N) is 1. The molecular formula is C23H28BrNO. The lowest BCUT2D eigenvalue weighted by Gasteiger charge is -2.29. The smallest absolute Gasteiger partial charge is 0.142 e. The highest BCUT2D eigenvalue weighted by Gasteiger charge is 2.51. The number of hydrogen-bond acceptors (Lipinski definition) is 1. The number of carbonyl (C=O) groups is 1. The number of Topliss-reactive ketones (excluding diaryl/α,β-unsaturated/α-hetero) is 1. The van der Waals surface area contributed by atoms with Crippen LogP contribution in [0.5, 0.6) is 0 Å². The molecule has 2 aromatic carbocycles. The standard InChI is InChI=1S/C23H27NO.BrH/c1-17(18-10-4-2-5-11-18)24-16-20(19-12-6-3-7-13-19)23-21(24)14-8-9-15-22(23)25;/h2-7,10-13,17,20-21,23H,8-9,14-16H2,1H3;1H/t17-,20+,21-,23+;/m1./s1. The van der Waals surface area contributed by atoms with Crippen molar-refractivity contribution in [2.45, 2.75) is 50.6 Å². The SMILES string of the molecule is C[C@H](c1ccccc1)[NH+]1C[C@@H](c2ccccc2)[C@@H]2C(=O)CCCC[C@H]21.[Br-]. The Morgan fingerprint density at radius 3 is 2.31 bits per heavy atom. The third kappa shape index (κ3) is 3.65. The summed E-state index contributed by atoms with van der Waals surface area (Å²) in [6.45, 7) is 3.41. The van der Waals surface area contributed by atoms with Gasteiger partial charge in [0.2, 0.25) is 0 Å². The Balaban J connectivity index is 0.00000196. The second-order valence-corrected chi connectivity index (χ2v) is 7.77. The number of fused-ring (bicyclic) bond motifs is 1. The van der Waals surface area contributed by atoms with Gasteiger partial charge in [0.1, 0.15) is 11.8 Å². The number of carbonyl (C=O) groups excluding carboxylic acids is 1. The fourth-order valence-corrected chi connectivity index (χ4v) is 5.17. The first kappa shape index (κ1) is 19.3. The molecule has 0 bridgehead atoms. The highest BCUT2D eigenvalue weighted by molar-refractivity contribution is 5.83. The molecular weight excluding hydrogens is 386 g/mol. The van der Waals surface area contributed by atoms with Gasteiger partial charge in [0.05, 0.1) is 18.5 Å². The predicted molar refractivity (Wildman–Crippen MR) is 101 cm³/mol. The molecule has 0 aromatic heterocycles. The first-order valence-corrected chi connectivity index (χ1v) is 9.74. The molecule has 138 valence electrons. The maximum atomic E-state index is 13.0. The maximum Gasteiger partial charge on any atom is 0.142 e. The van der Waals surface area contributed by atoms with Crippen molar-refractivity contribution in [3.8, 4) is 0 Å². The molecule has 1 saturated heterocycles. The minimum atomic E-state index is 0. The number of likely N-dealkylation sites (tertiary alicyclic amines) is 1. The van der Waals surface area contributed by atoms with Crippen LogP contribution in [0.1, 0.15) is 55.7 Å². The lowest BCUT2D eigenvalue weighted by atomic mass is 9.82. The summed E-state index contributed by atoms with van der Waals surface area (Å²) >= 11 is 0. The Morgan fingerprint density at radius 2 is 1.62 bits per heavy atom. The normalized spacial score (nSPS) is 29.3. The lowest BCUT2D eigenvalue weighted by Crippen LogP contribution is -3.14. The molecule has 1 unspecified atom stereocenters. The first-order chi connectivity index (χ1) is 12.3. The van der Waals surface area contributed by atoms with Crippen LogP contribution in [0.15, 0.2) is 60.7 Å². The quantitative estimate of drug-likeness (QED) is 0.779. The molecule has 2 aromatic rings. The lowest BCUT2D eigenvalue weighted by molar-refractivity contribution is -0.943. The highest BCUT2D eigenvalue weighted by atomic mass is 79.9. The Bertz CT molecular complexity index is 718. The van der Waals surface area contributed by atoms with Gasteiger partial charge in [-0.2, -0.15) is 0 Å². The molecule has 3 heteroatoms. The first-order valence-electron chi connectivity index (χ1n) is 9.74. The van der Waals surface area contributed by atoms with Gasteiger partial charge in [0, 0.05) is 24.3 Å². The fourth-order valence-electron chi connectivity index (χ4n) is 5.17. The zero-order chi connectivity index (χ0) is 17.2. The molecule has 2 fully saturated rings. The largest absolute Gasteiger partial charge is 1.00 e. The average Bonchev–Trinajstić information content (AvgIpc) is 2.95. The minimum Gasteiger partial charge on any atom is -1.00 e. The summed E-state index contributed by atoms with van der Waals surface area (Å²) in [4.78, 5) is 14.6. The van der Waals surface area contributed by atoms with E-state index in [0.29, 0.717) is 23.8 Å². The van der Waals surface area contributed by atoms with Crippen molar-refractivity contribution in [1.29, 1.82) is 0 Å². The van der Waals surface area contributed by atoms with Gasteiger partial charge in [-0.3, -0.25) is 4.79 Å². The van der Waals surface area contributed by atoms with Crippen LogP contribution in [0.25, 0.3) is 0 Å². The molecule has 1 saturated carbocycles. The van der Waals surface area contributed by atoms with Crippen LogP contribution in [-0.4, -0.2) is 18.4 Å². The van der Waals surface area contributed by atoms with Crippen molar-refractivity contribution in [3.63, 3.8) is 0 Å². The van der Waals surface area contributed by atoms with Crippen molar-refractivity contribution < 1.29 is 26.7 Å². The summed E-state index contributed by atoms with van der Waals surface area (Å²) in [6, 6.07) is 22.5. The van der Waals surface area contributed by atoms with Crippen LogP contribution < -0.4 is 21.9 Å². The minimum absolute atomic E-state index is 0. The molecule has 1 N–H and O–H groups in total. The molecule has 1 aliphatic heterocycles. The zero-order valence-corrected chi connectivity index (χ0v) is 17.0. The van der Waals surface area contributed by atoms with E-state index in [1.807, 2.05) is 0 Å². The van der Waals surface area contributed by atoms with Crippen LogP contribution in [0, 0.1) is 5.92 Å². The van der Waals surface area contributed by atoms with Gasteiger partial charge in [-0.05, 0) is 25.3 Å². The molecule has 2 nitrogen and oxygen atoms in total. The van der Waals surface area contributed by atoms with Gasteiger partial charge in [-0.15, -0.1) is 0 Å². The Labute approximate surface area is 167 Å². The number of hydrogen-bond donors (Lipinski definition) is 1. The number of halogens is 1. The van der Waals surface area contributed by atoms with E-state index in [2.05, 4.69) is 67.6 Å². The fraction of sp³-hybridized carbons (Fsp3) is 0.435. The maximum absolute atomic E-state index is 13.0. The van der Waals surface area contributed by atoms with E-state index in [4.69, 9.17) is 0 Å². The predicted octanol–water partition coefficient (Wildman–Crippen LogP) is 0.562. The molecule has 26 heavy (non-hydrogen) atoms. The topological polar surface area (TPSA) is 21.5 Å². The summed E-state index contributed by atoms with van der Waals surface area (Å²) in [5.74, 6) is 1.08. The monoisotopic (exact) mass is 413 g/mol. The van der Waals surface area contributed by atoms with E-state index in [1.54, 1.807) is 4.90 Å². The molecule has 1 heterocycles. The van der Waals surface area contributed by atoms with Gasteiger partial charge in [0.25, 0.3) is 0 Å². The third-order valence-corrected chi connectivity index (χ3v) is 6.44. The van der Waals surface area contributed by atoms with Crippen LogP contribution in [-0.2, 0) is 4.79 Å². The molecule has 5 atom stereocenters. The van der Waals surface area contributed by atoms with Gasteiger partial charge in [0.15, 0.2) is 0 Å². The van der Waals surface area contributed by atoms with E-state index in [9.17, 15) is 4.79 Å². The summed E-state index contributed by atoms with van der Waals surface area (Å²) in [5, 5.41) is 0. The third-order valence-electron chi connectivity index (χ3n) is 6.44. The molecule has 2 aliphatic rings. The van der Waals surface area contributed by atoms with Gasteiger partial charge in [-0.1, -0.05) is 60.7 Å². The van der Waals surface area contributed by atoms with Crippen molar-refractivity contribution >= 4 is 5.78 Å². The van der Waals surface area contributed by atoms with Crippen molar-refractivity contribution in [2.24, 2.45) is 5.92 Å². The van der Waals surface area contributed by atoms with E-state index in [-0.39, 0.29) is 22.9 Å². The number of rotatable bonds is 3. The number of quaternary nitrogens is 1. The molecule has 0 amide bonds. The van der Waals surface area contributed by atoms with Crippen LogP contribution in [0.4, 0.5) is 0 Å². The summed E-state index contributed by atoms with van der Waals surface area (Å²) in [5.41, 5.74) is 2.74. The molecule has 1 aliphatic carbocycles. The van der Waals surface area contributed by atoms with E-state index in [0.717, 1.165) is 19.4 Å². The van der Waals surface area contributed by atoms with Gasteiger partial charge < -0.3 is 21.9 Å². The van der Waals surface area contributed by atoms with E-state index in [1.165, 1.54) is 24.0 Å². The van der Waals surface area contributed by atoms with Crippen molar-refractivity contribution in [3.05, 3.63) is 71.8 Å². The van der Waals surface area contributed by atoms with Gasteiger partial charge in [-0.25, -0.2) is 0 Å². The molecule has 0 spiro atoms. The summed E-state index contributed by atoms with van der Waals surface area (Å²) in [6.07, 6.45) is 4.23. The Morgan fingerprint density at radius 1 is 0.962 bits per heavy atom. The van der Waals surface area contributed by atoms with Crippen LogP contribution in [0.3, 0.4) is 0 Å². The van der Waals surface area contributed by atoms with Gasteiger partial charge >= 0.3 is 0 Å². The second-order valence-electron chi connectivity index (χ2n) is 7.77. The summed E-state index contributed by atoms with van der Waals surface area (Å²) in [7, 11) is 0. The van der Waals surface area contributed by atoms with Crippen molar-refractivity contribution in [2.75, 3.05) is 6.54 Å². The average molecular weight is 414 g/mol. The molecule has 0 radical (unpaired) electrons. The highest BCUT2D eigenvalue weighted by Crippen LogP contribution is 2.36. The summed E-state index contributed by atoms with van der Waals surface area (Å²) < 4.78 is 0. The number of ketones is 1. The molecule has 4 rings (SSSR count). The van der Waals surface area contributed by atoms with Crippen LogP contribution >= 0.6 is 0 Å². The second kappa shape index (κ2) is 8.49. The Hall–Kier alpha value is -1.45.